The molecule has 0 atom stereocenters. The summed E-state index contributed by atoms with van der Waals surface area (Å²) in [5.41, 5.74) is 0.924. The van der Waals surface area contributed by atoms with Gasteiger partial charge in [0.15, 0.2) is 0 Å². The fourth-order valence-corrected chi connectivity index (χ4v) is 2.42. The monoisotopic (exact) mass is 342 g/mol. The Morgan fingerprint density at radius 2 is 2.05 bits per heavy atom. The zero-order valence-electron chi connectivity index (χ0n) is 12.6. The molecule has 0 aliphatic carbocycles. The van der Waals surface area contributed by atoms with Crippen LogP contribution in [0.1, 0.15) is 18.9 Å². The van der Waals surface area contributed by atoms with Crippen LogP contribution in [0.2, 0.25) is 10.0 Å². The molecule has 0 unspecified atom stereocenters. The second-order valence-electron chi connectivity index (χ2n) is 4.83. The highest BCUT2D eigenvalue weighted by Crippen LogP contribution is 2.21. The van der Waals surface area contributed by atoms with Crippen LogP contribution in [0.4, 0.5) is 0 Å². The molecule has 0 saturated heterocycles. The van der Waals surface area contributed by atoms with E-state index in [4.69, 9.17) is 23.2 Å². The van der Waals surface area contributed by atoms with Crippen LogP contribution >= 0.6 is 23.2 Å². The van der Waals surface area contributed by atoms with Gasteiger partial charge in [-0.25, -0.2) is 0 Å². The summed E-state index contributed by atoms with van der Waals surface area (Å²) in [7, 11) is 0. The maximum Gasteiger partial charge on any atom is 0.222 e. The molecule has 0 aliphatic rings. The number of halogens is 2. The number of nitrogens with zero attached hydrogens (tertiary/aromatic N) is 1. The zero-order chi connectivity index (χ0) is 16.5. The van der Waals surface area contributed by atoms with Gasteiger partial charge in [-0.2, -0.15) is 0 Å². The van der Waals surface area contributed by atoms with Gasteiger partial charge in [0, 0.05) is 43.0 Å². The molecule has 1 aromatic rings. The quantitative estimate of drug-likeness (QED) is 0.738. The smallest absolute Gasteiger partial charge is 0.222 e. The molecule has 1 rings (SSSR count). The Morgan fingerprint density at radius 1 is 1.32 bits per heavy atom. The summed E-state index contributed by atoms with van der Waals surface area (Å²) in [6.45, 7) is 6.34. The first-order chi connectivity index (χ1) is 10.4. The lowest BCUT2D eigenvalue weighted by Crippen LogP contribution is -2.35. The molecule has 0 saturated carbocycles. The van der Waals surface area contributed by atoms with Crippen molar-refractivity contribution in [2.45, 2.75) is 19.8 Å². The van der Waals surface area contributed by atoms with E-state index in [9.17, 15) is 9.59 Å². The third-order valence-corrected chi connectivity index (χ3v) is 3.75. The largest absolute Gasteiger partial charge is 0.353 e. The minimum absolute atomic E-state index is 0.0680. The molecule has 0 spiro atoms. The van der Waals surface area contributed by atoms with Gasteiger partial charge >= 0.3 is 0 Å². The summed E-state index contributed by atoms with van der Waals surface area (Å²) in [5, 5.41) is 3.85. The van der Waals surface area contributed by atoms with Crippen molar-refractivity contribution in [1.29, 1.82) is 0 Å². The molecule has 0 aromatic heterocycles. The topological polar surface area (TPSA) is 49.4 Å². The average molecular weight is 343 g/mol. The number of rotatable bonds is 8. The number of nitrogens with one attached hydrogen (secondary N) is 1. The first-order valence-corrected chi connectivity index (χ1v) is 7.76. The van der Waals surface area contributed by atoms with Crippen molar-refractivity contribution >= 4 is 35.0 Å². The Balaban J connectivity index is 2.52. The molecular weight excluding hydrogens is 323 g/mol. The molecular formula is C16H20Cl2N2O2. The lowest BCUT2D eigenvalue weighted by atomic mass is 10.1. The highest BCUT2D eigenvalue weighted by atomic mass is 35.5. The van der Waals surface area contributed by atoms with E-state index in [1.807, 2.05) is 6.07 Å². The van der Waals surface area contributed by atoms with Gasteiger partial charge in [0.05, 0.1) is 0 Å². The van der Waals surface area contributed by atoms with E-state index in [0.717, 1.165) is 5.56 Å². The number of carbonyl (C=O) groups excluding carboxylic acids is 2. The zero-order valence-corrected chi connectivity index (χ0v) is 14.1. The van der Waals surface area contributed by atoms with E-state index in [2.05, 4.69) is 11.9 Å². The van der Waals surface area contributed by atoms with Crippen LogP contribution in [-0.2, 0) is 16.0 Å². The molecule has 4 nitrogen and oxygen atoms in total. The molecule has 0 fully saturated rings. The molecule has 120 valence electrons. The highest BCUT2D eigenvalue weighted by molar-refractivity contribution is 6.35. The summed E-state index contributed by atoms with van der Waals surface area (Å²) in [6, 6.07) is 5.29. The van der Waals surface area contributed by atoms with Gasteiger partial charge in [0.1, 0.15) is 0 Å². The van der Waals surface area contributed by atoms with Gasteiger partial charge in [-0.15, -0.1) is 6.58 Å². The number of hydrogen-bond acceptors (Lipinski definition) is 2. The minimum atomic E-state index is -0.101. The second kappa shape index (κ2) is 9.49. The standard InChI is InChI=1S/C16H20Cl2N2O2/c1-3-8-19-16(22)7-10-20(12(2)21)9-6-13-4-5-14(17)11-15(13)18/h3-5,11H,1,6-10H2,2H3,(H,19,22). The van der Waals surface area contributed by atoms with Gasteiger partial charge < -0.3 is 10.2 Å². The second-order valence-corrected chi connectivity index (χ2v) is 5.68. The predicted octanol–water partition coefficient (Wildman–Crippen LogP) is 3.08. The minimum Gasteiger partial charge on any atom is -0.353 e. The molecule has 2 amide bonds. The Morgan fingerprint density at radius 3 is 2.64 bits per heavy atom. The van der Waals surface area contributed by atoms with E-state index in [1.165, 1.54) is 6.92 Å². The Hall–Kier alpha value is -1.52. The highest BCUT2D eigenvalue weighted by Gasteiger charge is 2.12. The van der Waals surface area contributed by atoms with E-state index in [-0.39, 0.29) is 18.2 Å². The van der Waals surface area contributed by atoms with E-state index < -0.39 is 0 Å². The SMILES string of the molecule is C=CCNC(=O)CCN(CCc1ccc(Cl)cc1Cl)C(C)=O. The fraction of sp³-hybridized carbons (Fsp3) is 0.375. The maximum absolute atomic E-state index is 11.7. The van der Waals surface area contributed by atoms with Crippen molar-refractivity contribution in [3.05, 3.63) is 46.5 Å². The lowest BCUT2D eigenvalue weighted by Gasteiger charge is -2.21. The third-order valence-electron chi connectivity index (χ3n) is 3.16. The Labute approximate surface area is 141 Å². The molecule has 0 bridgehead atoms. The van der Waals surface area contributed by atoms with Crippen molar-refractivity contribution in [1.82, 2.24) is 10.2 Å². The Bertz CT molecular complexity index is 547. The van der Waals surface area contributed by atoms with Gasteiger partial charge in [-0.1, -0.05) is 35.3 Å². The number of carbonyl (C=O) groups is 2. The third kappa shape index (κ3) is 6.50. The van der Waals surface area contributed by atoms with E-state index in [1.54, 1.807) is 23.1 Å². The van der Waals surface area contributed by atoms with Gasteiger partial charge in [0.25, 0.3) is 0 Å². The molecule has 0 radical (unpaired) electrons. The van der Waals surface area contributed by atoms with Crippen LogP contribution in [-0.4, -0.2) is 36.3 Å². The maximum atomic E-state index is 11.7. The molecule has 22 heavy (non-hydrogen) atoms. The van der Waals surface area contributed by atoms with Crippen molar-refractivity contribution in [3.8, 4) is 0 Å². The lowest BCUT2D eigenvalue weighted by molar-refractivity contribution is -0.129. The number of amides is 2. The van der Waals surface area contributed by atoms with Crippen molar-refractivity contribution in [2.75, 3.05) is 19.6 Å². The summed E-state index contributed by atoms with van der Waals surface area (Å²) < 4.78 is 0. The van der Waals surface area contributed by atoms with E-state index >= 15 is 0 Å². The van der Waals surface area contributed by atoms with Gasteiger partial charge in [-0.05, 0) is 24.1 Å². The van der Waals surface area contributed by atoms with Crippen molar-refractivity contribution < 1.29 is 9.59 Å². The number of hydrogen-bond donors (Lipinski definition) is 1. The Kier molecular flexibility index (Phi) is 7.99. The van der Waals surface area contributed by atoms with Crippen molar-refractivity contribution in [3.63, 3.8) is 0 Å². The fourth-order valence-electron chi connectivity index (χ4n) is 1.92. The first-order valence-electron chi connectivity index (χ1n) is 7.01. The normalized spacial score (nSPS) is 10.1. The van der Waals surface area contributed by atoms with Gasteiger partial charge in [-0.3, -0.25) is 9.59 Å². The molecule has 0 aliphatic heterocycles. The molecule has 6 heteroatoms. The summed E-state index contributed by atoms with van der Waals surface area (Å²) >= 11 is 12.0. The van der Waals surface area contributed by atoms with Gasteiger partial charge in [0.2, 0.25) is 11.8 Å². The van der Waals surface area contributed by atoms with Crippen LogP contribution in [0.5, 0.6) is 0 Å². The van der Waals surface area contributed by atoms with Crippen LogP contribution in [0.15, 0.2) is 30.9 Å². The molecule has 1 N–H and O–H groups in total. The summed E-state index contributed by atoms with van der Waals surface area (Å²) in [5.74, 6) is -0.169. The van der Waals surface area contributed by atoms with Crippen LogP contribution in [0.3, 0.4) is 0 Å². The average Bonchev–Trinajstić information content (AvgIpc) is 2.46. The molecule has 1 aromatic carbocycles. The van der Waals surface area contributed by atoms with Crippen LogP contribution < -0.4 is 5.32 Å². The molecule has 0 heterocycles. The first kappa shape index (κ1) is 18.5. The van der Waals surface area contributed by atoms with Crippen LogP contribution in [0.25, 0.3) is 0 Å². The van der Waals surface area contributed by atoms with Crippen LogP contribution in [0, 0.1) is 0 Å². The summed E-state index contributed by atoms with van der Waals surface area (Å²) in [6.07, 6.45) is 2.49. The number of benzene rings is 1. The van der Waals surface area contributed by atoms with Crippen molar-refractivity contribution in [2.24, 2.45) is 0 Å². The predicted molar refractivity (Wildman–Crippen MR) is 90.2 cm³/mol. The van der Waals surface area contributed by atoms with E-state index in [0.29, 0.717) is 36.1 Å². The summed E-state index contributed by atoms with van der Waals surface area (Å²) in [4.78, 5) is 24.9.